The van der Waals surface area contributed by atoms with E-state index in [1.54, 1.807) is 18.2 Å². The Balaban J connectivity index is 1.53. The lowest BCUT2D eigenvalue weighted by atomic mass is 9.78. The summed E-state index contributed by atoms with van der Waals surface area (Å²) in [7, 11) is 0. The van der Waals surface area contributed by atoms with Gasteiger partial charge in [0.05, 0.1) is 17.6 Å². The molecule has 1 aliphatic rings. The van der Waals surface area contributed by atoms with Crippen molar-refractivity contribution in [3.05, 3.63) is 65.9 Å². The van der Waals surface area contributed by atoms with Crippen LogP contribution in [-0.4, -0.2) is 45.3 Å². The number of fused-ring (bicyclic) bond motifs is 1. The van der Waals surface area contributed by atoms with Crippen LogP contribution in [0.1, 0.15) is 28.8 Å². The second kappa shape index (κ2) is 8.05. The van der Waals surface area contributed by atoms with Crippen LogP contribution in [0.15, 0.2) is 54.7 Å². The Labute approximate surface area is 184 Å². The maximum absolute atomic E-state index is 15.7. The highest BCUT2D eigenvalue weighted by Crippen LogP contribution is 2.45. The highest BCUT2D eigenvalue weighted by Gasteiger charge is 2.59. The minimum absolute atomic E-state index is 0.00478. The van der Waals surface area contributed by atoms with Crippen molar-refractivity contribution in [1.29, 1.82) is 0 Å². The maximum Gasteiger partial charge on any atom is 0.416 e. The summed E-state index contributed by atoms with van der Waals surface area (Å²) in [5.41, 5.74) is -3.52. The molecular weight excluding hydrogens is 452 g/mol. The van der Waals surface area contributed by atoms with Crippen LogP contribution in [0.4, 0.5) is 26.3 Å². The highest BCUT2D eigenvalue weighted by atomic mass is 19.4. The van der Waals surface area contributed by atoms with E-state index in [0.29, 0.717) is 4.68 Å². The van der Waals surface area contributed by atoms with E-state index in [-0.39, 0.29) is 16.5 Å². The Morgan fingerprint density at radius 2 is 1.85 bits per heavy atom. The summed E-state index contributed by atoms with van der Waals surface area (Å²) in [4.78, 5) is 12.1. The van der Waals surface area contributed by atoms with E-state index in [1.165, 1.54) is 12.1 Å². The van der Waals surface area contributed by atoms with Crippen molar-refractivity contribution in [3.8, 4) is 0 Å². The number of nitrogens with one attached hydrogen (secondary N) is 1. The lowest BCUT2D eigenvalue weighted by molar-refractivity contribution is -0.183. The van der Waals surface area contributed by atoms with Crippen LogP contribution in [-0.2, 0) is 12.0 Å². The van der Waals surface area contributed by atoms with Crippen molar-refractivity contribution in [2.75, 3.05) is 6.54 Å². The molecule has 1 saturated carbocycles. The lowest BCUT2D eigenvalue weighted by Gasteiger charge is -2.43. The first kappa shape index (κ1) is 23.1. The van der Waals surface area contributed by atoms with Gasteiger partial charge in [0, 0.05) is 23.6 Å². The normalized spacial score (nSPS) is 28.1. The van der Waals surface area contributed by atoms with Crippen LogP contribution >= 0.6 is 0 Å². The standard InChI is InChI=1S/C22H19F6N3O2/c23-17-18(32)21(25,31-11-14-10-15(22(26,27)28)6-7-16(14)30-31)9-8-20(17,24)12-29-19(33)13-4-2-1-3-5-13/h1-7,10-11,17-18,32H,8-9,12H2,(H,29,33)/t17-,18-,20-,21+/m1/s1. The van der Waals surface area contributed by atoms with E-state index in [2.05, 4.69) is 10.4 Å². The number of hydrogen-bond donors (Lipinski definition) is 2. The van der Waals surface area contributed by atoms with Gasteiger partial charge in [-0.05, 0) is 36.8 Å². The zero-order chi connectivity index (χ0) is 24.0. The minimum atomic E-state index is -4.63. The van der Waals surface area contributed by atoms with Gasteiger partial charge in [-0.25, -0.2) is 17.9 Å². The van der Waals surface area contributed by atoms with E-state index in [0.717, 1.165) is 24.4 Å². The van der Waals surface area contributed by atoms with Gasteiger partial charge < -0.3 is 10.4 Å². The van der Waals surface area contributed by atoms with Gasteiger partial charge in [-0.3, -0.25) is 4.79 Å². The fourth-order valence-electron chi connectivity index (χ4n) is 3.92. The second-order valence-corrected chi connectivity index (χ2v) is 8.09. The molecule has 3 aromatic rings. The monoisotopic (exact) mass is 471 g/mol. The fraction of sp³-hybridized carbons (Fsp3) is 0.364. The Kier molecular flexibility index (Phi) is 5.63. The molecule has 0 radical (unpaired) electrons. The molecular formula is C22H19F6N3O2. The molecule has 0 aliphatic heterocycles. The molecule has 1 aromatic heterocycles. The number of aliphatic hydroxyl groups excluding tert-OH is 1. The smallest absolute Gasteiger partial charge is 0.384 e. The number of nitrogens with zero attached hydrogens (tertiary/aromatic N) is 2. The number of hydrogen-bond acceptors (Lipinski definition) is 3. The number of halogens is 6. The molecule has 1 fully saturated rings. The number of amides is 1. The van der Waals surface area contributed by atoms with E-state index in [9.17, 15) is 27.5 Å². The Hall–Kier alpha value is -3.08. The van der Waals surface area contributed by atoms with E-state index < -0.39 is 60.8 Å². The SMILES string of the molecule is O=C(NC[C@]1(F)CC[C@](F)(n2cc3cc(C(F)(F)F)ccc3n2)[C@H](O)[C@H]1F)c1ccccc1. The van der Waals surface area contributed by atoms with Crippen molar-refractivity contribution in [1.82, 2.24) is 15.1 Å². The van der Waals surface area contributed by atoms with E-state index in [4.69, 9.17) is 0 Å². The molecule has 0 bridgehead atoms. The summed E-state index contributed by atoms with van der Waals surface area (Å²) >= 11 is 0. The molecule has 1 amide bonds. The Morgan fingerprint density at radius 1 is 1.15 bits per heavy atom. The van der Waals surface area contributed by atoms with Crippen LogP contribution in [0.5, 0.6) is 0 Å². The molecule has 4 rings (SSSR count). The molecule has 5 nitrogen and oxygen atoms in total. The molecule has 4 atom stereocenters. The number of carbonyl (C=O) groups is 1. The molecule has 0 saturated heterocycles. The van der Waals surface area contributed by atoms with Gasteiger partial charge in [0.2, 0.25) is 5.79 Å². The molecule has 1 aliphatic carbocycles. The van der Waals surface area contributed by atoms with Crippen molar-refractivity contribution in [3.63, 3.8) is 0 Å². The zero-order valence-corrected chi connectivity index (χ0v) is 17.0. The first-order valence-corrected chi connectivity index (χ1v) is 10.0. The summed E-state index contributed by atoms with van der Waals surface area (Å²) in [6.07, 6.45) is -10.4. The number of carbonyl (C=O) groups excluding carboxylic acids is 1. The number of aliphatic hydroxyl groups is 1. The number of aromatic nitrogens is 2. The summed E-state index contributed by atoms with van der Waals surface area (Å²) < 4.78 is 85.2. The summed E-state index contributed by atoms with van der Waals surface area (Å²) in [5, 5.41) is 16.3. The quantitative estimate of drug-likeness (QED) is 0.558. The Bertz CT molecular complexity index is 1170. The summed E-state index contributed by atoms with van der Waals surface area (Å²) in [6, 6.07) is 10.3. The Morgan fingerprint density at radius 3 is 2.52 bits per heavy atom. The third kappa shape index (κ3) is 4.17. The van der Waals surface area contributed by atoms with Gasteiger partial charge in [-0.2, -0.15) is 18.3 Å². The van der Waals surface area contributed by atoms with Crippen LogP contribution in [0.3, 0.4) is 0 Å². The molecule has 176 valence electrons. The van der Waals surface area contributed by atoms with Crippen molar-refractivity contribution < 1.29 is 36.2 Å². The number of rotatable bonds is 4. The van der Waals surface area contributed by atoms with Crippen LogP contribution in [0.2, 0.25) is 0 Å². The van der Waals surface area contributed by atoms with E-state index in [1.807, 2.05) is 0 Å². The van der Waals surface area contributed by atoms with Gasteiger partial charge >= 0.3 is 6.18 Å². The first-order valence-electron chi connectivity index (χ1n) is 10.0. The van der Waals surface area contributed by atoms with Crippen LogP contribution < -0.4 is 5.32 Å². The molecule has 2 N–H and O–H groups in total. The number of alkyl halides is 6. The highest BCUT2D eigenvalue weighted by molar-refractivity contribution is 5.94. The third-order valence-corrected chi connectivity index (χ3v) is 5.91. The zero-order valence-electron chi connectivity index (χ0n) is 17.0. The van der Waals surface area contributed by atoms with Crippen molar-refractivity contribution >= 4 is 16.8 Å². The molecule has 2 aromatic carbocycles. The molecule has 0 unspecified atom stereocenters. The van der Waals surface area contributed by atoms with Gasteiger partial charge in [0.1, 0.15) is 6.10 Å². The molecule has 33 heavy (non-hydrogen) atoms. The second-order valence-electron chi connectivity index (χ2n) is 8.09. The van der Waals surface area contributed by atoms with Crippen LogP contribution in [0, 0.1) is 0 Å². The number of benzene rings is 2. The first-order chi connectivity index (χ1) is 15.4. The topological polar surface area (TPSA) is 67.2 Å². The fourth-order valence-corrected chi connectivity index (χ4v) is 3.92. The maximum atomic E-state index is 15.7. The van der Waals surface area contributed by atoms with Crippen molar-refractivity contribution in [2.24, 2.45) is 0 Å². The third-order valence-electron chi connectivity index (χ3n) is 5.91. The summed E-state index contributed by atoms with van der Waals surface area (Å²) in [6.45, 7) is -0.801. The van der Waals surface area contributed by atoms with Gasteiger partial charge in [0.15, 0.2) is 11.8 Å². The lowest BCUT2D eigenvalue weighted by Crippen LogP contribution is -2.61. The van der Waals surface area contributed by atoms with Gasteiger partial charge in [-0.15, -0.1) is 0 Å². The molecule has 1 heterocycles. The minimum Gasteiger partial charge on any atom is -0.384 e. The van der Waals surface area contributed by atoms with Gasteiger partial charge in [0.25, 0.3) is 5.91 Å². The van der Waals surface area contributed by atoms with E-state index >= 15 is 8.78 Å². The molecule has 11 heteroatoms. The average molecular weight is 471 g/mol. The molecule has 0 spiro atoms. The summed E-state index contributed by atoms with van der Waals surface area (Å²) in [5.74, 6) is -3.55. The largest absolute Gasteiger partial charge is 0.416 e. The average Bonchev–Trinajstić information content (AvgIpc) is 3.23. The van der Waals surface area contributed by atoms with Crippen molar-refractivity contribution in [2.45, 2.75) is 42.8 Å². The van der Waals surface area contributed by atoms with Gasteiger partial charge in [-0.1, -0.05) is 18.2 Å². The predicted octanol–water partition coefficient (Wildman–Crippen LogP) is 4.31. The predicted molar refractivity (Wildman–Crippen MR) is 107 cm³/mol. The van der Waals surface area contributed by atoms with Crippen LogP contribution in [0.25, 0.3) is 10.9 Å².